The monoisotopic (exact) mass is 403 g/mol. The van der Waals surface area contributed by atoms with Crippen LogP contribution in [0.15, 0.2) is 18.2 Å². The van der Waals surface area contributed by atoms with Gasteiger partial charge in [0.15, 0.2) is 9.84 Å². The SMILES string of the molecule is CCCCN(C(=O)C1CC1c1ccc(Cl)c(Cl)c1)C1CCS(=O)(=O)C1. The molecule has 1 aromatic rings. The van der Waals surface area contributed by atoms with Crippen LogP contribution in [-0.2, 0) is 14.6 Å². The third kappa shape index (κ3) is 4.32. The van der Waals surface area contributed by atoms with Gasteiger partial charge in [0.05, 0.1) is 21.6 Å². The molecule has 1 aromatic carbocycles. The van der Waals surface area contributed by atoms with Crippen molar-refractivity contribution in [3.63, 3.8) is 0 Å². The molecule has 1 aliphatic heterocycles. The van der Waals surface area contributed by atoms with Crippen molar-refractivity contribution in [3.8, 4) is 0 Å². The van der Waals surface area contributed by atoms with E-state index < -0.39 is 9.84 Å². The molecule has 0 radical (unpaired) electrons. The van der Waals surface area contributed by atoms with Crippen LogP contribution in [-0.4, -0.2) is 43.3 Å². The van der Waals surface area contributed by atoms with Crippen LogP contribution in [0.2, 0.25) is 10.0 Å². The Labute approximate surface area is 159 Å². The fourth-order valence-corrected chi connectivity index (χ4v) is 5.65. The molecular weight excluding hydrogens is 381 g/mol. The number of carbonyl (C=O) groups excluding carboxylic acids is 1. The zero-order chi connectivity index (χ0) is 18.2. The van der Waals surface area contributed by atoms with Crippen LogP contribution in [0.5, 0.6) is 0 Å². The highest BCUT2D eigenvalue weighted by Gasteiger charge is 2.48. The second kappa shape index (κ2) is 7.45. The highest BCUT2D eigenvalue weighted by molar-refractivity contribution is 7.91. The predicted molar refractivity (Wildman–Crippen MR) is 101 cm³/mol. The Morgan fingerprint density at radius 1 is 1.28 bits per heavy atom. The Balaban J connectivity index is 1.71. The second-order valence-corrected chi connectivity index (χ2v) is 10.1. The molecule has 138 valence electrons. The Morgan fingerprint density at radius 3 is 2.64 bits per heavy atom. The topological polar surface area (TPSA) is 54.5 Å². The van der Waals surface area contributed by atoms with E-state index in [-0.39, 0.29) is 35.3 Å². The fourth-order valence-electron chi connectivity index (χ4n) is 3.61. The molecule has 0 N–H and O–H groups in total. The third-order valence-electron chi connectivity index (χ3n) is 5.16. The van der Waals surface area contributed by atoms with E-state index in [2.05, 4.69) is 6.92 Å². The molecule has 0 aromatic heterocycles. The van der Waals surface area contributed by atoms with Crippen LogP contribution in [0.1, 0.15) is 44.1 Å². The van der Waals surface area contributed by atoms with Crippen LogP contribution in [0, 0.1) is 5.92 Å². The van der Waals surface area contributed by atoms with Gasteiger partial charge < -0.3 is 4.90 Å². The van der Waals surface area contributed by atoms with Crippen LogP contribution in [0.25, 0.3) is 0 Å². The van der Waals surface area contributed by atoms with Gasteiger partial charge in [0, 0.05) is 18.5 Å². The molecule has 2 aliphatic rings. The van der Waals surface area contributed by atoms with Gasteiger partial charge in [-0.15, -0.1) is 0 Å². The average Bonchev–Trinajstić information content (AvgIpc) is 3.28. The second-order valence-electron chi connectivity index (χ2n) is 7.06. The number of nitrogens with zero attached hydrogens (tertiary/aromatic N) is 1. The Kier molecular flexibility index (Phi) is 5.66. The lowest BCUT2D eigenvalue weighted by Crippen LogP contribution is -2.42. The van der Waals surface area contributed by atoms with E-state index in [1.54, 1.807) is 6.07 Å². The largest absolute Gasteiger partial charge is 0.338 e. The molecule has 1 saturated carbocycles. The van der Waals surface area contributed by atoms with Crippen molar-refractivity contribution < 1.29 is 13.2 Å². The number of carbonyl (C=O) groups is 1. The van der Waals surface area contributed by atoms with Crippen molar-refractivity contribution in [2.75, 3.05) is 18.1 Å². The standard InChI is InChI=1S/C18H23Cl2NO3S/c1-2-3-7-21(13-6-8-25(23,24)11-13)18(22)15-10-14(15)12-4-5-16(19)17(20)9-12/h4-5,9,13-15H,2-3,6-8,10-11H2,1H3. The van der Waals surface area contributed by atoms with E-state index in [9.17, 15) is 13.2 Å². The van der Waals surface area contributed by atoms with Crippen molar-refractivity contribution in [1.82, 2.24) is 4.90 Å². The maximum Gasteiger partial charge on any atom is 0.226 e. The van der Waals surface area contributed by atoms with Crippen molar-refractivity contribution in [2.24, 2.45) is 5.92 Å². The minimum atomic E-state index is -3.01. The number of sulfone groups is 1. The molecular formula is C18H23Cl2NO3S. The van der Waals surface area contributed by atoms with Crippen LogP contribution >= 0.6 is 23.2 Å². The molecule has 1 saturated heterocycles. The first-order valence-electron chi connectivity index (χ1n) is 8.78. The minimum Gasteiger partial charge on any atom is -0.338 e. The van der Waals surface area contributed by atoms with E-state index in [1.807, 2.05) is 17.0 Å². The molecule has 3 unspecified atom stereocenters. The molecule has 25 heavy (non-hydrogen) atoms. The van der Waals surface area contributed by atoms with Gasteiger partial charge in [-0.25, -0.2) is 8.42 Å². The van der Waals surface area contributed by atoms with Gasteiger partial charge in [-0.2, -0.15) is 0 Å². The highest BCUT2D eigenvalue weighted by Crippen LogP contribution is 2.49. The summed E-state index contributed by atoms with van der Waals surface area (Å²) < 4.78 is 23.6. The van der Waals surface area contributed by atoms with E-state index in [1.165, 1.54) is 0 Å². The maximum absolute atomic E-state index is 13.0. The lowest BCUT2D eigenvalue weighted by molar-refractivity contribution is -0.134. The summed E-state index contributed by atoms with van der Waals surface area (Å²) in [7, 11) is -3.01. The van der Waals surface area contributed by atoms with Crippen molar-refractivity contribution >= 4 is 38.9 Å². The molecule has 1 aliphatic carbocycles. The van der Waals surface area contributed by atoms with E-state index in [0.717, 1.165) is 24.8 Å². The molecule has 0 bridgehead atoms. The zero-order valence-electron chi connectivity index (χ0n) is 14.2. The highest BCUT2D eigenvalue weighted by atomic mass is 35.5. The molecule has 1 heterocycles. The van der Waals surface area contributed by atoms with Gasteiger partial charge in [0.2, 0.25) is 5.91 Å². The van der Waals surface area contributed by atoms with Crippen LogP contribution < -0.4 is 0 Å². The van der Waals surface area contributed by atoms with Gasteiger partial charge in [-0.05, 0) is 42.9 Å². The predicted octanol–water partition coefficient (Wildman–Crippen LogP) is 3.91. The van der Waals surface area contributed by atoms with E-state index in [0.29, 0.717) is 23.0 Å². The first-order chi connectivity index (χ1) is 11.8. The van der Waals surface area contributed by atoms with Gasteiger partial charge in [-0.3, -0.25) is 4.79 Å². The van der Waals surface area contributed by atoms with E-state index >= 15 is 0 Å². The van der Waals surface area contributed by atoms with Crippen LogP contribution in [0.4, 0.5) is 0 Å². The van der Waals surface area contributed by atoms with Crippen molar-refractivity contribution in [2.45, 2.75) is 44.6 Å². The first-order valence-corrected chi connectivity index (χ1v) is 11.4. The van der Waals surface area contributed by atoms with Crippen LogP contribution in [0.3, 0.4) is 0 Å². The summed E-state index contributed by atoms with van der Waals surface area (Å²) in [6, 6.07) is 5.34. The number of unbranched alkanes of at least 4 members (excludes halogenated alkanes) is 1. The third-order valence-corrected chi connectivity index (χ3v) is 7.65. The van der Waals surface area contributed by atoms with Crippen molar-refractivity contribution in [1.29, 1.82) is 0 Å². The Hall–Kier alpha value is -0.780. The summed E-state index contributed by atoms with van der Waals surface area (Å²) in [5.41, 5.74) is 1.03. The lowest BCUT2D eigenvalue weighted by Gasteiger charge is -2.28. The molecule has 3 atom stereocenters. The van der Waals surface area contributed by atoms with E-state index in [4.69, 9.17) is 23.2 Å². The molecule has 0 spiro atoms. The van der Waals surface area contributed by atoms with Gasteiger partial charge in [-0.1, -0.05) is 42.6 Å². The zero-order valence-corrected chi connectivity index (χ0v) is 16.6. The summed E-state index contributed by atoms with van der Waals surface area (Å²) in [6.45, 7) is 2.71. The Morgan fingerprint density at radius 2 is 2.04 bits per heavy atom. The molecule has 1 amide bonds. The fraction of sp³-hybridized carbons (Fsp3) is 0.611. The summed E-state index contributed by atoms with van der Waals surface area (Å²) >= 11 is 12.0. The number of amides is 1. The molecule has 7 heteroatoms. The molecule has 3 rings (SSSR count). The molecule has 4 nitrogen and oxygen atoms in total. The number of rotatable bonds is 6. The number of benzene rings is 1. The van der Waals surface area contributed by atoms with Gasteiger partial charge >= 0.3 is 0 Å². The number of halogens is 2. The average molecular weight is 404 g/mol. The molecule has 2 fully saturated rings. The smallest absolute Gasteiger partial charge is 0.226 e. The minimum absolute atomic E-state index is 0.0718. The normalized spacial score (nSPS) is 27.2. The number of hydrogen-bond acceptors (Lipinski definition) is 3. The van der Waals surface area contributed by atoms with Crippen molar-refractivity contribution in [3.05, 3.63) is 33.8 Å². The summed E-state index contributed by atoms with van der Waals surface area (Å²) in [6.07, 6.45) is 3.22. The number of hydrogen-bond donors (Lipinski definition) is 0. The summed E-state index contributed by atoms with van der Waals surface area (Å²) in [5.74, 6) is 0.467. The lowest BCUT2D eigenvalue weighted by atomic mass is 10.1. The van der Waals surface area contributed by atoms with Gasteiger partial charge in [0.1, 0.15) is 0 Å². The first kappa shape index (κ1) is 19.0. The maximum atomic E-state index is 13.0. The Bertz CT molecular complexity index is 766. The van der Waals surface area contributed by atoms with Gasteiger partial charge in [0.25, 0.3) is 0 Å². The summed E-state index contributed by atoms with van der Waals surface area (Å²) in [5, 5.41) is 1.01. The quantitative estimate of drug-likeness (QED) is 0.723. The summed E-state index contributed by atoms with van der Waals surface area (Å²) in [4.78, 5) is 14.8.